The van der Waals surface area contributed by atoms with Gasteiger partial charge in [0, 0.05) is 31.9 Å². The Hall–Kier alpha value is -2.96. The molecular weight excluding hydrogens is 364 g/mol. The summed E-state index contributed by atoms with van der Waals surface area (Å²) in [7, 11) is 0. The van der Waals surface area contributed by atoms with Crippen LogP contribution in [-0.2, 0) is 4.79 Å². The van der Waals surface area contributed by atoms with Crippen LogP contribution >= 0.6 is 0 Å². The van der Waals surface area contributed by atoms with Crippen molar-refractivity contribution in [3.8, 4) is 11.5 Å². The lowest BCUT2D eigenvalue weighted by Crippen LogP contribution is -2.44. The van der Waals surface area contributed by atoms with Crippen molar-refractivity contribution in [3.63, 3.8) is 0 Å². The van der Waals surface area contributed by atoms with Gasteiger partial charge in [-0.2, -0.15) is 0 Å². The Morgan fingerprint density at radius 3 is 2.72 bits per heavy atom. The minimum Gasteiger partial charge on any atom is -0.356 e. The van der Waals surface area contributed by atoms with E-state index in [1.807, 2.05) is 42.2 Å². The summed E-state index contributed by atoms with van der Waals surface area (Å²) in [6.45, 7) is 5.48. The first-order valence-corrected chi connectivity index (χ1v) is 10.5. The molecule has 2 aliphatic heterocycles. The fourth-order valence-corrected chi connectivity index (χ4v) is 4.44. The van der Waals surface area contributed by atoms with E-state index in [0.717, 1.165) is 80.4 Å². The summed E-state index contributed by atoms with van der Waals surface area (Å²) in [5.41, 5.74) is 3.36. The highest BCUT2D eigenvalue weighted by atomic mass is 16.2. The molecule has 150 valence electrons. The molecule has 1 N–H and O–H groups in total. The van der Waals surface area contributed by atoms with Gasteiger partial charge >= 0.3 is 0 Å². The Morgan fingerprint density at radius 2 is 1.90 bits per heavy atom. The van der Waals surface area contributed by atoms with Gasteiger partial charge < -0.3 is 14.8 Å². The van der Waals surface area contributed by atoms with E-state index in [0.29, 0.717) is 11.6 Å². The topological polar surface area (TPSA) is 78.0 Å². The van der Waals surface area contributed by atoms with Crippen molar-refractivity contribution < 1.29 is 4.79 Å². The van der Waals surface area contributed by atoms with Crippen LogP contribution < -0.4 is 4.90 Å². The summed E-state index contributed by atoms with van der Waals surface area (Å²) >= 11 is 0. The molecule has 0 aromatic carbocycles. The van der Waals surface area contributed by atoms with E-state index >= 15 is 0 Å². The van der Waals surface area contributed by atoms with Crippen LogP contribution in [0.4, 0.5) is 5.82 Å². The molecule has 5 rings (SSSR count). The molecule has 3 aromatic rings. The van der Waals surface area contributed by atoms with E-state index in [1.165, 1.54) is 0 Å². The zero-order valence-electron chi connectivity index (χ0n) is 16.8. The largest absolute Gasteiger partial charge is 0.356 e. The number of hydrogen-bond acceptors (Lipinski definition) is 5. The number of amides is 1. The number of H-pyrrole nitrogens is 1. The molecule has 2 fully saturated rings. The number of carbonyl (C=O) groups excluding carboxylic acids is 1. The average Bonchev–Trinajstić information content (AvgIpc) is 3.43. The van der Waals surface area contributed by atoms with E-state index in [-0.39, 0.29) is 5.92 Å². The Balaban J connectivity index is 1.37. The normalized spacial score (nSPS) is 19.8. The molecule has 2 saturated heterocycles. The van der Waals surface area contributed by atoms with E-state index < -0.39 is 0 Å². The smallest absolute Gasteiger partial charge is 0.227 e. The summed E-state index contributed by atoms with van der Waals surface area (Å²) in [6.07, 6.45) is 4.26. The number of piperidine rings is 1. The fraction of sp³-hybridized carbons (Fsp3) is 0.455. The van der Waals surface area contributed by atoms with Crippen molar-refractivity contribution >= 4 is 22.9 Å². The van der Waals surface area contributed by atoms with Crippen LogP contribution in [0.2, 0.25) is 0 Å². The number of nitrogens with zero attached hydrogens (tertiary/aromatic N) is 5. The summed E-state index contributed by atoms with van der Waals surface area (Å²) in [6, 6.07) is 9.95. The van der Waals surface area contributed by atoms with Gasteiger partial charge in [-0.05, 0) is 56.9 Å². The lowest BCUT2D eigenvalue weighted by atomic mass is 9.96. The van der Waals surface area contributed by atoms with E-state index in [1.54, 1.807) is 0 Å². The number of aromatic amines is 1. The molecule has 0 radical (unpaired) electrons. The second-order valence-corrected chi connectivity index (χ2v) is 8.11. The number of pyridine rings is 2. The molecule has 1 amide bonds. The van der Waals surface area contributed by atoms with Crippen LogP contribution in [0.1, 0.15) is 31.4 Å². The summed E-state index contributed by atoms with van der Waals surface area (Å²) in [4.78, 5) is 34.4. The maximum Gasteiger partial charge on any atom is 0.227 e. The number of nitrogens with one attached hydrogen (secondary N) is 1. The zero-order chi connectivity index (χ0) is 19.8. The lowest BCUT2D eigenvalue weighted by molar-refractivity contribution is -0.134. The molecule has 29 heavy (non-hydrogen) atoms. The maximum absolute atomic E-state index is 12.8. The number of fused-ring (bicyclic) bond motifs is 1. The minimum atomic E-state index is 0.0746. The van der Waals surface area contributed by atoms with Crippen molar-refractivity contribution in [2.75, 3.05) is 31.1 Å². The third-order valence-corrected chi connectivity index (χ3v) is 5.97. The van der Waals surface area contributed by atoms with Crippen molar-refractivity contribution in [3.05, 3.63) is 36.0 Å². The first-order valence-electron chi connectivity index (χ1n) is 10.5. The molecule has 0 bridgehead atoms. The minimum absolute atomic E-state index is 0.0746. The molecular formula is C22H26N6O. The van der Waals surface area contributed by atoms with Crippen LogP contribution in [0.25, 0.3) is 22.7 Å². The van der Waals surface area contributed by atoms with Gasteiger partial charge in [-0.3, -0.25) is 4.79 Å². The number of carbonyl (C=O) groups is 1. The summed E-state index contributed by atoms with van der Waals surface area (Å²) < 4.78 is 0. The van der Waals surface area contributed by atoms with Crippen LogP contribution in [0.15, 0.2) is 30.3 Å². The predicted molar refractivity (Wildman–Crippen MR) is 113 cm³/mol. The number of anilines is 1. The Morgan fingerprint density at radius 1 is 1.03 bits per heavy atom. The molecule has 7 nitrogen and oxygen atoms in total. The molecule has 2 aliphatic rings. The summed E-state index contributed by atoms with van der Waals surface area (Å²) in [5, 5.41) is 0. The number of aromatic nitrogens is 4. The first-order chi connectivity index (χ1) is 14.2. The van der Waals surface area contributed by atoms with Crippen LogP contribution in [-0.4, -0.2) is 56.9 Å². The molecule has 5 heterocycles. The van der Waals surface area contributed by atoms with Gasteiger partial charge in [0.05, 0.1) is 11.4 Å². The monoisotopic (exact) mass is 390 g/mol. The predicted octanol–water partition coefficient (Wildman–Crippen LogP) is 3.17. The number of aryl methyl sites for hydroxylation is 1. The van der Waals surface area contributed by atoms with E-state index in [9.17, 15) is 4.79 Å². The van der Waals surface area contributed by atoms with E-state index in [2.05, 4.69) is 19.9 Å². The van der Waals surface area contributed by atoms with Crippen molar-refractivity contribution in [2.24, 2.45) is 5.92 Å². The Labute approximate surface area is 170 Å². The molecule has 0 spiro atoms. The molecule has 0 unspecified atom stereocenters. The zero-order valence-corrected chi connectivity index (χ0v) is 16.8. The number of likely N-dealkylation sites (tertiary alicyclic amines) is 1. The van der Waals surface area contributed by atoms with Gasteiger partial charge in [-0.15, -0.1) is 0 Å². The highest BCUT2D eigenvalue weighted by Crippen LogP contribution is 2.26. The highest BCUT2D eigenvalue weighted by Gasteiger charge is 2.31. The quantitative estimate of drug-likeness (QED) is 0.743. The van der Waals surface area contributed by atoms with Crippen molar-refractivity contribution in [1.82, 2.24) is 24.8 Å². The molecule has 0 saturated carbocycles. The molecule has 3 aromatic heterocycles. The second-order valence-electron chi connectivity index (χ2n) is 8.11. The van der Waals surface area contributed by atoms with Crippen LogP contribution in [0.3, 0.4) is 0 Å². The molecule has 0 aliphatic carbocycles. The van der Waals surface area contributed by atoms with Gasteiger partial charge in [-0.1, -0.05) is 6.07 Å². The van der Waals surface area contributed by atoms with Gasteiger partial charge in [0.15, 0.2) is 11.5 Å². The Kier molecular flexibility index (Phi) is 4.66. The Bertz CT molecular complexity index is 1040. The van der Waals surface area contributed by atoms with Gasteiger partial charge in [0.1, 0.15) is 11.5 Å². The SMILES string of the molecule is Cc1cccc(-c2nc3nc(N4CCC[C@@H](C(=O)N5CCCC5)C4)ccc3[nH]2)n1. The number of imidazole rings is 1. The van der Waals surface area contributed by atoms with Crippen LogP contribution in [0.5, 0.6) is 0 Å². The van der Waals surface area contributed by atoms with Crippen molar-refractivity contribution in [2.45, 2.75) is 32.6 Å². The second kappa shape index (κ2) is 7.46. The van der Waals surface area contributed by atoms with Crippen LogP contribution in [0, 0.1) is 12.8 Å². The lowest BCUT2D eigenvalue weighted by Gasteiger charge is -2.34. The third kappa shape index (κ3) is 3.57. The standard InChI is InChI=1S/C22H26N6O/c1-15-6-4-8-17(23-15)20-24-18-9-10-19(25-21(18)26-20)28-13-5-7-16(14-28)22(29)27-11-2-3-12-27/h4,6,8-10,16H,2-3,5,7,11-14H2,1H3,(H,24,25,26)/t16-/m1/s1. The fourth-order valence-electron chi connectivity index (χ4n) is 4.44. The highest BCUT2D eigenvalue weighted by molar-refractivity contribution is 5.80. The number of rotatable bonds is 3. The molecule has 7 heteroatoms. The summed E-state index contributed by atoms with van der Waals surface area (Å²) in [5.74, 6) is 2.02. The van der Waals surface area contributed by atoms with Gasteiger partial charge in [0.25, 0.3) is 0 Å². The first kappa shape index (κ1) is 18.1. The molecule has 1 atom stereocenters. The average molecular weight is 390 g/mol. The van der Waals surface area contributed by atoms with E-state index in [4.69, 9.17) is 4.98 Å². The third-order valence-electron chi connectivity index (χ3n) is 5.97. The van der Waals surface area contributed by atoms with Crippen molar-refractivity contribution in [1.29, 1.82) is 0 Å². The van der Waals surface area contributed by atoms with Gasteiger partial charge in [0.2, 0.25) is 5.91 Å². The maximum atomic E-state index is 12.8. The van der Waals surface area contributed by atoms with Gasteiger partial charge in [-0.25, -0.2) is 15.0 Å². The number of hydrogen-bond donors (Lipinski definition) is 1.